The lowest BCUT2D eigenvalue weighted by atomic mass is 10.2. The number of hydrogen-bond donors (Lipinski definition) is 1. The molecule has 0 saturated heterocycles. The molecule has 0 radical (unpaired) electrons. The molecule has 0 atom stereocenters. The second-order valence-corrected chi connectivity index (χ2v) is 5.65. The highest BCUT2D eigenvalue weighted by atomic mass is 32.1. The van der Waals surface area contributed by atoms with Crippen molar-refractivity contribution in [3.63, 3.8) is 0 Å². The highest BCUT2D eigenvalue weighted by molar-refractivity contribution is 7.12. The van der Waals surface area contributed by atoms with Crippen LogP contribution in [0.4, 0.5) is 0 Å². The van der Waals surface area contributed by atoms with Gasteiger partial charge in [0, 0.05) is 5.56 Å². The van der Waals surface area contributed by atoms with E-state index < -0.39 is 5.97 Å². The fraction of sp³-hybridized carbons (Fsp3) is 0.125. The van der Waals surface area contributed by atoms with E-state index in [1.54, 1.807) is 17.5 Å². The molecule has 3 aromatic rings. The molecule has 24 heavy (non-hydrogen) atoms. The number of amides is 1. The van der Waals surface area contributed by atoms with E-state index in [0.29, 0.717) is 10.7 Å². The Morgan fingerprint density at radius 3 is 2.75 bits per heavy atom. The largest absolute Gasteiger partial charge is 0.454 e. The minimum atomic E-state index is -0.584. The average molecular weight is 343 g/mol. The molecule has 2 heterocycles. The smallest absolute Gasteiger partial charge is 0.325 e. The highest BCUT2D eigenvalue weighted by Crippen LogP contribution is 2.15. The molecule has 1 aromatic carbocycles. The number of aromatic nitrogens is 2. The normalized spacial score (nSPS) is 10.3. The van der Waals surface area contributed by atoms with Crippen LogP contribution in [0.15, 0.2) is 52.4 Å². The van der Waals surface area contributed by atoms with Crippen molar-refractivity contribution in [2.24, 2.45) is 0 Å². The summed E-state index contributed by atoms with van der Waals surface area (Å²) < 4.78 is 10.0. The van der Waals surface area contributed by atoms with Crippen molar-refractivity contribution in [2.75, 3.05) is 6.54 Å². The molecule has 122 valence electrons. The van der Waals surface area contributed by atoms with Gasteiger partial charge >= 0.3 is 5.97 Å². The van der Waals surface area contributed by atoms with Crippen molar-refractivity contribution in [1.82, 2.24) is 15.5 Å². The minimum Gasteiger partial charge on any atom is -0.454 e. The van der Waals surface area contributed by atoms with Crippen LogP contribution in [-0.4, -0.2) is 28.6 Å². The van der Waals surface area contributed by atoms with E-state index >= 15 is 0 Å². The topological polar surface area (TPSA) is 94.3 Å². The molecule has 7 nitrogen and oxygen atoms in total. The van der Waals surface area contributed by atoms with E-state index in [4.69, 9.17) is 9.26 Å². The minimum absolute atomic E-state index is 0.145. The third kappa shape index (κ3) is 4.05. The first-order chi connectivity index (χ1) is 11.7. The van der Waals surface area contributed by atoms with Gasteiger partial charge in [-0.05, 0) is 11.4 Å². The number of carbonyl (C=O) groups excluding carboxylic acids is 2. The fourth-order valence-corrected chi connectivity index (χ4v) is 2.50. The van der Waals surface area contributed by atoms with Crippen LogP contribution in [0, 0.1) is 0 Å². The maximum absolute atomic E-state index is 11.7. The molecular weight excluding hydrogens is 330 g/mol. The summed E-state index contributed by atoms with van der Waals surface area (Å²) in [6, 6.07) is 12.7. The first-order valence-corrected chi connectivity index (χ1v) is 7.95. The van der Waals surface area contributed by atoms with Crippen molar-refractivity contribution in [2.45, 2.75) is 6.61 Å². The summed E-state index contributed by atoms with van der Waals surface area (Å²) >= 11 is 1.30. The third-order valence-corrected chi connectivity index (χ3v) is 3.86. The number of esters is 1. The Morgan fingerprint density at radius 1 is 1.17 bits per heavy atom. The number of carbonyl (C=O) groups is 2. The summed E-state index contributed by atoms with van der Waals surface area (Å²) in [7, 11) is 0. The van der Waals surface area contributed by atoms with Gasteiger partial charge < -0.3 is 14.6 Å². The lowest BCUT2D eigenvalue weighted by Crippen LogP contribution is -2.30. The predicted octanol–water partition coefficient (Wildman–Crippen LogP) is 2.27. The number of hydrogen-bond acceptors (Lipinski definition) is 7. The van der Waals surface area contributed by atoms with E-state index in [1.165, 1.54) is 11.3 Å². The summed E-state index contributed by atoms with van der Waals surface area (Å²) in [5.41, 5.74) is 0.807. The van der Waals surface area contributed by atoms with Gasteiger partial charge in [-0.2, -0.15) is 4.98 Å². The quantitative estimate of drug-likeness (QED) is 0.690. The Labute approximate surface area is 141 Å². The monoisotopic (exact) mass is 343 g/mol. The van der Waals surface area contributed by atoms with Crippen LogP contribution in [0.25, 0.3) is 11.4 Å². The lowest BCUT2D eigenvalue weighted by molar-refractivity contribution is -0.144. The Kier molecular flexibility index (Phi) is 4.97. The van der Waals surface area contributed by atoms with Gasteiger partial charge in [0.15, 0.2) is 6.61 Å². The van der Waals surface area contributed by atoms with Crippen LogP contribution in [0.5, 0.6) is 0 Å². The molecule has 0 unspecified atom stereocenters. The average Bonchev–Trinajstić information content (AvgIpc) is 3.30. The summed E-state index contributed by atoms with van der Waals surface area (Å²) in [6.45, 7) is -0.371. The molecule has 0 aliphatic rings. The van der Waals surface area contributed by atoms with E-state index in [-0.39, 0.29) is 24.9 Å². The van der Waals surface area contributed by atoms with Gasteiger partial charge in [-0.15, -0.1) is 11.3 Å². The fourth-order valence-electron chi connectivity index (χ4n) is 1.86. The SMILES string of the molecule is O=C(CNC(=O)c1cccs1)OCc1nc(-c2ccccc2)no1. The third-order valence-electron chi connectivity index (χ3n) is 2.99. The standard InChI is InChI=1S/C16H13N3O4S/c20-14(9-17-16(21)12-7-4-8-24-12)22-10-13-18-15(19-23-13)11-5-2-1-3-6-11/h1-8H,9-10H2,(H,17,21). The molecule has 0 fully saturated rings. The molecule has 1 N–H and O–H groups in total. The zero-order valence-electron chi connectivity index (χ0n) is 12.5. The van der Waals surface area contributed by atoms with Crippen LogP contribution >= 0.6 is 11.3 Å². The van der Waals surface area contributed by atoms with Gasteiger partial charge in [0.1, 0.15) is 6.54 Å². The predicted molar refractivity (Wildman–Crippen MR) is 86.2 cm³/mol. The molecule has 8 heteroatoms. The summed E-state index contributed by atoms with van der Waals surface area (Å²) in [6.07, 6.45) is 0. The first-order valence-electron chi connectivity index (χ1n) is 7.08. The van der Waals surface area contributed by atoms with Crippen molar-refractivity contribution in [3.8, 4) is 11.4 Å². The summed E-state index contributed by atoms with van der Waals surface area (Å²) in [5, 5.41) is 8.09. The Bertz CT molecular complexity index is 815. The molecular formula is C16H13N3O4S. The van der Waals surface area contributed by atoms with Gasteiger partial charge in [0.25, 0.3) is 11.8 Å². The number of ether oxygens (including phenoxy) is 1. The molecule has 0 saturated carbocycles. The van der Waals surface area contributed by atoms with Gasteiger partial charge in [0.05, 0.1) is 4.88 Å². The van der Waals surface area contributed by atoms with Crippen LogP contribution in [0.1, 0.15) is 15.6 Å². The number of nitrogens with zero attached hydrogens (tertiary/aromatic N) is 2. The molecule has 0 bridgehead atoms. The van der Waals surface area contributed by atoms with Crippen LogP contribution < -0.4 is 5.32 Å². The summed E-state index contributed by atoms with van der Waals surface area (Å²) in [5.74, 6) is -0.287. The Balaban J connectivity index is 1.46. The Morgan fingerprint density at radius 2 is 2.00 bits per heavy atom. The van der Waals surface area contributed by atoms with Crippen molar-refractivity contribution < 1.29 is 18.8 Å². The molecule has 0 spiro atoms. The van der Waals surface area contributed by atoms with Crippen LogP contribution in [0.3, 0.4) is 0 Å². The van der Waals surface area contributed by atoms with Gasteiger partial charge in [-0.1, -0.05) is 41.6 Å². The van der Waals surface area contributed by atoms with Crippen molar-refractivity contribution in [1.29, 1.82) is 0 Å². The van der Waals surface area contributed by atoms with Gasteiger partial charge in [-0.3, -0.25) is 9.59 Å². The molecule has 3 rings (SSSR count). The number of nitrogens with one attached hydrogen (secondary N) is 1. The second-order valence-electron chi connectivity index (χ2n) is 4.70. The lowest BCUT2D eigenvalue weighted by Gasteiger charge is -2.03. The van der Waals surface area contributed by atoms with Crippen LogP contribution in [0.2, 0.25) is 0 Å². The molecule has 0 aliphatic heterocycles. The van der Waals surface area contributed by atoms with E-state index in [9.17, 15) is 9.59 Å². The second kappa shape index (κ2) is 7.51. The van der Waals surface area contributed by atoms with Crippen LogP contribution in [-0.2, 0) is 16.1 Å². The molecule has 1 amide bonds. The first kappa shape index (κ1) is 15.9. The zero-order chi connectivity index (χ0) is 16.8. The molecule has 0 aliphatic carbocycles. The number of benzene rings is 1. The van der Waals surface area contributed by atoms with Crippen molar-refractivity contribution >= 4 is 23.2 Å². The van der Waals surface area contributed by atoms with Gasteiger partial charge in [-0.25, -0.2) is 0 Å². The maximum atomic E-state index is 11.7. The zero-order valence-corrected chi connectivity index (χ0v) is 13.3. The van der Waals surface area contributed by atoms with E-state index in [0.717, 1.165) is 5.56 Å². The van der Waals surface area contributed by atoms with Gasteiger partial charge in [0.2, 0.25) is 5.82 Å². The van der Waals surface area contributed by atoms with E-state index in [1.807, 2.05) is 30.3 Å². The number of rotatable bonds is 6. The highest BCUT2D eigenvalue weighted by Gasteiger charge is 2.12. The van der Waals surface area contributed by atoms with E-state index in [2.05, 4.69) is 15.5 Å². The summed E-state index contributed by atoms with van der Waals surface area (Å²) in [4.78, 5) is 28.0. The van der Waals surface area contributed by atoms with Crippen molar-refractivity contribution in [3.05, 3.63) is 58.6 Å². The molecule has 2 aromatic heterocycles. The Hall–Kier alpha value is -3.00. The maximum Gasteiger partial charge on any atom is 0.325 e. The number of thiophene rings is 1.